The highest BCUT2D eigenvalue weighted by Gasteiger charge is 2.27. The molecule has 1 atom stereocenters. The number of aromatic amines is 1. The molecule has 0 unspecified atom stereocenters. The molecule has 0 radical (unpaired) electrons. The number of H-pyrrole nitrogens is 1. The lowest BCUT2D eigenvalue weighted by Crippen LogP contribution is -2.14. The summed E-state index contributed by atoms with van der Waals surface area (Å²) in [6.45, 7) is 2.96. The summed E-state index contributed by atoms with van der Waals surface area (Å²) in [5, 5.41) is 6.77. The highest BCUT2D eigenvalue weighted by atomic mass is 15.2. The number of nitrogens with zero attached hydrogens (tertiary/aromatic N) is 4. The van der Waals surface area contributed by atoms with Crippen LogP contribution in [-0.2, 0) is 0 Å². The molecule has 2 aliphatic rings. The van der Waals surface area contributed by atoms with Gasteiger partial charge in [-0.3, -0.25) is 4.99 Å². The number of hydrogen-bond donors (Lipinski definition) is 3. The molecule has 7 heteroatoms. The third-order valence-corrected chi connectivity index (χ3v) is 5.33. The number of aliphatic imine (C=N–C) groups is 1. The lowest BCUT2D eigenvalue weighted by molar-refractivity contribution is 0.739. The fraction of sp³-hybridized carbons (Fsp3) is 0.333. The molecule has 1 aliphatic carbocycles. The minimum absolute atomic E-state index is 0.119. The van der Waals surface area contributed by atoms with Gasteiger partial charge in [0.1, 0.15) is 11.7 Å². The molecule has 1 aliphatic heterocycles. The summed E-state index contributed by atoms with van der Waals surface area (Å²) in [6, 6.07) is 8.25. The molecule has 3 aromatic rings. The van der Waals surface area contributed by atoms with Crippen LogP contribution in [0.25, 0.3) is 11.0 Å². The van der Waals surface area contributed by atoms with Crippen LogP contribution >= 0.6 is 0 Å². The first-order chi connectivity index (χ1) is 13.8. The summed E-state index contributed by atoms with van der Waals surface area (Å²) in [6.07, 6.45) is 9.18. The summed E-state index contributed by atoms with van der Waals surface area (Å²) in [7, 11) is 0. The Balaban J connectivity index is 1.31. The van der Waals surface area contributed by atoms with E-state index >= 15 is 0 Å². The Kier molecular flexibility index (Phi) is 4.27. The van der Waals surface area contributed by atoms with E-state index in [2.05, 4.69) is 60.7 Å². The minimum atomic E-state index is 0.119. The lowest BCUT2D eigenvalue weighted by Gasteiger charge is -2.18. The van der Waals surface area contributed by atoms with Gasteiger partial charge < -0.3 is 15.6 Å². The topological polar surface area (TPSA) is 90.9 Å². The van der Waals surface area contributed by atoms with Gasteiger partial charge in [0.25, 0.3) is 0 Å². The zero-order valence-corrected chi connectivity index (χ0v) is 15.8. The van der Waals surface area contributed by atoms with Gasteiger partial charge in [0, 0.05) is 6.20 Å². The maximum atomic E-state index is 4.62. The van der Waals surface area contributed by atoms with E-state index in [1.807, 2.05) is 12.1 Å². The van der Waals surface area contributed by atoms with Crippen LogP contribution in [0.5, 0.6) is 0 Å². The van der Waals surface area contributed by atoms with Gasteiger partial charge in [-0.05, 0) is 60.6 Å². The second-order valence-corrected chi connectivity index (χ2v) is 7.37. The number of aromatic nitrogens is 4. The zero-order chi connectivity index (χ0) is 18.9. The van der Waals surface area contributed by atoms with Gasteiger partial charge in [-0.15, -0.1) is 0 Å². The lowest BCUT2D eigenvalue weighted by atomic mass is 10.0. The van der Waals surface area contributed by atoms with Gasteiger partial charge in [0.05, 0.1) is 29.9 Å². The first-order valence-electron chi connectivity index (χ1n) is 9.83. The third-order valence-electron chi connectivity index (χ3n) is 5.33. The Morgan fingerprint density at radius 1 is 1.21 bits per heavy atom. The Hall–Kier alpha value is -3.22. The van der Waals surface area contributed by atoms with E-state index in [4.69, 9.17) is 0 Å². The molecule has 0 amide bonds. The van der Waals surface area contributed by atoms with Crippen molar-refractivity contribution in [3.8, 4) is 0 Å². The van der Waals surface area contributed by atoms with Crippen LogP contribution in [0.2, 0.25) is 0 Å². The summed E-state index contributed by atoms with van der Waals surface area (Å²) >= 11 is 0. The first-order valence-corrected chi connectivity index (χ1v) is 9.83. The number of anilines is 2. The summed E-state index contributed by atoms with van der Waals surface area (Å²) in [4.78, 5) is 21.0. The van der Waals surface area contributed by atoms with E-state index < -0.39 is 0 Å². The average molecular weight is 373 g/mol. The van der Waals surface area contributed by atoms with Gasteiger partial charge in [-0.25, -0.2) is 9.97 Å². The van der Waals surface area contributed by atoms with Gasteiger partial charge >= 0.3 is 0 Å². The second kappa shape index (κ2) is 7.07. The molecule has 142 valence electrons. The van der Waals surface area contributed by atoms with E-state index in [-0.39, 0.29) is 6.04 Å². The SMILES string of the molecule is CC[C@H](Nc1nccc(NC2=NCC(C3CC3)=C2)n1)c1ccc2nc[nH]c2c1. The van der Waals surface area contributed by atoms with Crippen LogP contribution in [0.3, 0.4) is 0 Å². The van der Waals surface area contributed by atoms with Gasteiger partial charge in [-0.1, -0.05) is 13.0 Å². The number of amidine groups is 1. The largest absolute Gasteiger partial charge is 0.347 e. The number of imidazole rings is 1. The van der Waals surface area contributed by atoms with Crippen LogP contribution in [-0.4, -0.2) is 32.3 Å². The Morgan fingerprint density at radius 3 is 3.00 bits per heavy atom. The standard InChI is InChI=1S/C21H23N7/c1-2-16(14-5-6-17-18(9-14)25-12-24-17)26-21-22-8-7-19(28-21)27-20-10-15(11-23-20)13-3-4-13/h5-10,12-13,16H,2-4,11H2,1H3,(H,24,25)(H2,22,23,26,27,28)/t16-/m0/s1. The molecule has 1 aromatic carbocycles. The molecule has 3 heterocycles. The number of hydrogen-bond acceptors (Lipinski definition) is 6. The molecule has 5 rings (SSSR count). The van der Waals surface area contributed by atoms with Crippen LogP contribution in [0, 0.1) is 5.92 Å². The van der Waals surface area contributed by atoms with Crippen molar-refractivity contribution in [3.63, 3.8) is 0 Å². The van der Waals surface area contributed by atoms with E-state index in [1.54, 1.807) is 12.5 Å². The minimum Gasteiger partial charge on any atom is -0.347 e. The molecule has 28 heavy (non-hydrogen) atoms. The molecule has 0 bridgehead atoms. The predicted molar refractivity (Wildman–Crippen MR) is 112 cm³/mol. The zero-order valence-electron chi connectivity index (χ0n) is 15.8. The van der Waals surface area contributed by atoms with Gasteiger partial charge in [-0.2, -0.15) is 4.98 Å². The van der Waals surface area contributed by atoms with E-state index in [0.717, 1.165) is 41.6 Å². The summed E-state index contributed by atoms with van der Waals surface area (Å²) in [5.41, 5.74) is 4.62. The van der Waals surface area contributed by atoms with Crippen molar-refractivity contribution in [2.24, 2.45) is 10.9 Å². The molecular formula is C21H23N7. The molecule has 0 spiro atoms. The quantitative estimate of drug-likeness (QED) is 0.606. The maximum Gasteiger partial charge on any atom is 0.225 e. The Labute approximate surface area is 163 Å². The van der Waals surface area contributed by atoms with Crippen LogP contribution < -0.4 is 10.6 Å². The van der Waals surface area contributed by atoms with Crippen molar-refractivity contribution < 1.29 is 0 Å². The molecule has 3 N–H and O–H groups in total. The van der Waals surface area contributed by atoms with Crippen LogP contribution in [0.1, 0.15) is 37.8 Å². The van der Waals surface area contributed by atoms with E-state index in [0.29, 0.717) is 5.95 Å². The molecule has 2 aromatic heterocycles. The van der Waals surface area contributed by atoms with Crippen molar-refractivity contribution >= 4 is 28.6 Å². The normalized spacial score (nSPS) is 17.3. The second-order valence-electron chi connectivity index (χ2n) is 7.37. The average Bonchev–Trinajstić information content (AvgIpc) is 3.28. The van der Waals surface area contributed by atoms with Crippen LogP contribution in [0.15, 0.2) is 53.4 Å². The number of nitrogens with one attached hydrogen (secondary N) is 3. The maximum absolute atomic E-state index is 4.62. The van der Waals surface area contributed by atoms with Gasteiger partial charge in [0.15, 0.2) is 0 Å². The fourth-order valence-electron chi connectivity index (χ4n) is 3.60. The molecule has 1 saturated carbocycles. The Bertz CT molecular complexity index is 1060. The number of rotatable bonds is 6. The van der Waals surface area contributed by atoms with Gasteiger partial charge in [0.2, 0.25) is 5.95 Å². The highest BCUT2D eigenvalue weighted by molar-refractivity contribution is 6.05. The first kappa shape index (κ1) is 16.9. The van der Waals surface area contributed by atoms with Crippen LogP contribution in [0.4, 0.5) is 11.8 Å². The van der Waals surface area contributed by atoms with Crippen molar-refractivity contribution in [1.82, 2.24) is 19.9 Å². The predicted octanol–water partition coefficient (Wildman–Crippen LogP) is 4.08. The Morgan fingerprint density at radius 2 is 2.14 bits per heavy atom. The highest BCUT2D eigenvalue weighted by Crippen LogP contribution is 2.37. The monoisotopic (exact) mass is 373 g/mol. The van der Waals surface area contributed by atoms with Crippen molar-refractivity contribution in [2.75, 3.05) is 17.2 Å². The van der Waals surface area contributed by atoms with Crippen molar-refractivity contribution in [1.29, 1.82) is 0 Å². The fourth-order valence-corrected chi connectivity index (χ4v) is 3.60. The number of benzene rings is 1. The molecule has 1 fully saturated rings. The number of fused-ring (bicyclic) bond motifs is 1. The molecule has 0 saturated heterocycles. The van der Waals surface area contributed by atoms with E-state index in [9.17, 15) is 0 Å². The van der Waals surface area contributed by atoms with Crippen molar-refractivity contribution in [3.05, 3.63) is 54.0 Å². The summed E-state index contributed by atoms with van der Waals surface area (Å²) < 4.78 is 0. The smallest absolute Gasteiger partial charge is 0.225 e. The van der Waals surface area contributed by atoms with E-state index in [1.165, 1.54) is 24.0 Å². The summed E-state index contributed by atoms with van der Waals surface area (Å²) in [5.74, 6) is 3.00. The third kappa shape index (κ3) is 3.47. The van der Waals surface area contributed by atoms with Crippen molar-refractivity contribution in [2.45, 2.75) is 32.2 Å². The molecule has 7 nitrogen and oxygen atoms in total. The molecular weight excluding hydrogens is 350 g/mol.